The van der Waals surface area contributed by atoms with Crippen LogP contribution in [0.3, 0.4) is 0 Å². The summed E-state index contributed by atoms with van der Waals surface area (Å²) >= 11 is 0. The highest BCUT2D eigenvalue weighted by molar-refractivity contribution is 5.95. The summed E-state index contributed by atoms with van der Waals surface area (Å²) < 4.78 is 11.7. The molecule has 1 aromatic rings. The molecule has 3 aliphatic rings. The van der Waals surface area contributed by atoms with E-state index in [9.17, 15) is 4.79 Å². The average Bonchev–Trinajstić information content (AvgIpc) is 3.08. The molecular formula is C23H34N2O3. The second kappa shape index (κ2) is 7.77. The molecule has 0 N–H and O–H groups in total. The molecule has 0 aromatic heterocycles. The van der Waals surface area contributed by atoms with Crippen LogP contribution in [0.25, 0.3) is 0 Å². The van der Waals surface area contributed by atoms with Crippen LogP contribution in [0.2, 0.25) is 0 Å². The largest absolute Gasteiger partial charge is 0.376 e. The van der Waals surface area contributed by atoms with Crippen LogP contribution >= 0.6 is 0 Å². The molecule has 1 atom stereocenters. The van der Waals surface area contributed by atoms with Crippen molar-refractivity contribution in [3.8, 4) is 0 Å². The Kier molecular flexibility index (Phi) is 5.51. The molecule has 1 amide bonds. The van der Waals surface area contributed by atoms with Crippen LogP contribution in [0.4, 0.5) is 0 Å². The van der Waals surface area contributed by atoms with Gasteiger partial charge in [-0.3, -0.25) is 9.69 Å². The Labute approximate surface area is 169 Å². The third-order valence-electron chi connectivity index (χ3n) is 7.10. The van der Waals surface area contributed by atoms with Gasteiger partial charge in [0, 0.05) is 45.4 Å². The van der Waals surface area contributed by atoms with Crippen LogP contribution in [0.1, 0.15) is 49.0 Å². The molecule has 4 rings (SSSR count). The first kappa shape index (κ1) is 19.9. The van der Waals surface area contributed by atoms with E-state index in [0.29, 0.717) is 6.10 Å². The molecule has 0 saturated carbocycles. The summed E-state index contributed by atoms with van der Waals surface area (Å²) in [6, 6.07) is 8.03. The summed E-state index contributed by atoms with van der Waals surface area (Å²) in [6.07, 6.45) is 4.46. The van der Waals surface area contributed by atoms with Gasteiger partial charge in [0.05, 0.1) is 18.3 Å². The minimum absolute atomic E-state index is 0.0246. The minimum Gasteiger partial charge on any atom is -0.376 e. The first-order chi connectivity index (χ1) is 13.5. The number of benzene rings is 1. The van der Waals surface area contributed by atoms with E-state index in [1.54, 1.807) is 7.11 Å². The van der Waals surface area contributed by atoms with Crippen molar-refractivity contribution in [3.63, 3.8) is 0 Å². The quantitative estimate of drug-likeness (QED) is 0.780. The highest BCUT2D eigenvalue weighted by Crippen LogP contribution is 2.43. The first-order valence-corrected chi connectivity index (χ1v) is 10.7. The van der Waals surface area contributed by atoms with E-state index in [-0.39, 0.29) is 16.9 Å². The zero-order valence-electron chi connectivity index (χ0n) is 17.6. The average molecular weight is 387 g/mol. The summed E-state index contributed by atoms with van der Waals surface area (Å²) in [4.78, 5) is 17.5. The van der Waals surface area contributed by atoms with E-state index >= 15 is 0 Å². The van der Waals surface area contributed by atoms with Gasteiger partial charge in [0.25, 0.3) is 5.91 Å². The van der Waals surface area contributed by atoms with Crippen LogP contribution in [-0.2, 0) is 15.9 Å². The Hall–Kier alpha value is -1.43. The molecule has 0 radical (unpaired) electrons. The molecule has 3 saturated heterocycles. The van der Waals surface area contributed by atoms with Crippen molar-refractivity contribution < 1.29 is 14.3 Å². The molecule has 3 fully saturated rings. The molecular weight excluding hydrogens is 352 g/mol. The number of likely N-dealkylation sites (tertiary alicyclic amines) is 2. The van der Waals surface area contributed by atoms with Crippen molar-refractivity contribution in [2.45, 2.75) is 51.2 Å². The molecule has 3 heterocycles. The lowest BCUT2D eigenvalue weighted by Crippen LogP contribution is -2.62. The number of methoxy groups -OCH3 is 1. The van der Waals surface area contributed by atoms with Crippen molar-refractivity contribution in [1.82, 2.24) is 9.80 Å². The van der Waals surface area contributed by atoms with E-state index in [0.717, 1.165) is 76.1 Å². The number of aryl methyl sites for hydroxylation is 1. The van der Waals surface area contributed by atoms with Gasteiger partial charge in [0.15, 0.2) is 0 Å². The van der Waals surface area contributed by atoms with E-state index in [2.05, 4.69) is 24.8 Å². The fourth-order valence-electron chi connectivity index (χ4n) is 5.20. The summed E-state index contributed by atoms with van der Waals surface area (Å²) in [5.74, 6) is 0.196. The van der Waals surface area contributed by atoms with E-state index in [1.807, 2.05) is 23.1 Å². The van der Waals surface area contributed by atoms with Gasteiger partial charge in [-0.2, -0.15) is 0 Å². The summed E-state index contributed by atoms with van der Waals surface area (Å²) in [5.41, 5.74) is 2.31. The van der Waals surface area contributed by atoms with Crippen molar-refractivity contribution in [2.75, 3.05) is 46.4 Å². The highest BCUT2D eigenvalue weighted by Gasteiger charge is 2.46. The molecule has 28 heavy (non-hydrogen) atoms. The van der Waals surface area contributed by atoms with E-state index in [1.165, 1.54) is 0 Å². The zero-order valence-corrected chi connectivity index (χ0v) is 17.6. The van der Waals surface area contributed by atoms with Crippen LogP contribution in [0, 0.1) is 5.41 Å². The number of ether oxygens (including phenoxy) is 2. The number of nitrogens with zero attached hydrogens (tertiary/aromatic N) is 2. The number of hydrogen-bond acceptors (Lipinski definition) is 4. The normalized spacial score (nSPS) is 26.4. The molecule has 1 spiro atoms. The predicted octanol–water partition coefficient (Wildman–Crippen LogP) is 2.98. The molecule has 0 bridgehead atoms. The third kappa shape index (κ3) is 3.85. The van der Waals surface area contributed by atoms with Gasteiger partial charge >= 0.3 is 0 Å². The maximum atomic E-state index is 13.0. The molecule has 154 valence electrons. The van der Waals surface area contributed by atoms with Crippen molar-refractivity contribution in [2.24, 2.45) is 5.41 Å². The molecule has 5 heteroatoms. The zero-order chi connectivity index (χ0) is 19.8. The Morgan fingerprint density at radius 2 is 1.96 bits per heavy atom. The van der Waals surface area contributed by atoms with Crippen LogP contribution in [0.5, 0.6) is 0 Å². The number of amides is 1. The second-order valence-electron chi connectivity index (χ2n) is 9.26. The fourth-order valence-corrected chi connectivity index (χ4v) is 5.20. The number of piperidine rings is 1. The summed E-state index contributed by atoms with van der Waals surface area (Å²) in [5, 5.41) is 0. The predicted molar refractivity (Wildman–Crippen MR) is 110 cm³/mol. The smallest absolute Gasteiger partial charge is 0.254 e. The number of rotatable bonds is 5. The van der Waals surface area contributed by atoms with Gasteiger partial charge in [-0.15, -0.1) is 0 Å². The van der Waals surface area contributed by atoms with Crippen LogP contribution in [-0.4, -0.2) is 73.9 Å². The van der Waals surface area contributed by atoms with Gasteiger partial charge in [0.2, 0.25) is 0 Å². The third-order valence-corrected chi connectivity index (χ3v) is 7.10. The summed E-state index contributed by atoms with van der Waals surface area (Å²) in [7, 11) is 1.80. The van der Waals surface area contributed by atoms with Crippen molar-refractivity contribution in [1.29, 1.82) is 0 Å². The number of carbonyl (C=O) groups is 1. The molecule has 0 aliphatic carbocycles. The fraction of sp³-hybridized carbons (Fsp3) is 0.696. The maximum Gasteiger partial charge on any atom is 0.254 e. The minimum atomic E-state index is 0.0246. The Balaban J connectivity index is 1.29. The lowest BCUT2D eigenvalue weighted by Gasteiger charge is -2.47. The Morgan fingerprint density at radius 3 is 2.64 bits per heavy atom. The molecule has 0 unspecified atom stereocenters. The Bertz CT molecular complexity index is 706. The Morgan fingerprint density at radius 1 is 1.25 bits per heavy atom. The van der Waals surface area contributed by atoms with Crippen molar-refractivity contribution in [3.05, 3.63) is 35.4 Å². The lowest BCUT2D eigenvalue weighted by molar-refractivity contribution is -0.120. The van der Waals surface area contributed by atoms with Gasteiger partial charge in [-0.25, -0.2) is 0 Å². The first-order valence-electron chi connectivity index (χ1n) is 10.7. The monoisotopic (exact) mass is 386 g/mol. The molecule has 3 aliphatic heterocycles. The van der Waals surface area contributed by atoms with Crippen molar-refractivity contribution >= 4 is 5.91 Å². The highest BCUT2D eigenvalue weighted by atomic mass is 16.5. The maximum absolute atomic E-state index is 13.0. The van der Waals surface area contributed by atoms with Gasteiger partial charge in [0.1, 0.15) is 0 Å². The second-order valence-corrected chi connectivity index (χ2v) is 9.26. The SMILES string of the molecule is CCc1ccccc1C(=O)N1CCC2(CC1)CO[C@H](CN1CC(C)(OC)C1)C2. The lowest BCUT2D eigenvalue weighted by atomic mass is 9.76. The molecule has 1 aromatic carbocycles. The van der Waals surface area contributed by atoms with Crippen LogP contribution in [0.15, 0.2) is 24.3 Å². The topological polar surface area (TPSA) is 42.0 Å². The van der Waals surface area contributed by atoms with Gasteiger partial charge in [-0.1, -0.05) is 25.1 Å². The molecule has 5 nitrogen and oxygen atoms in total. The standard InChI is InChI=1S/C23H34N2O3/c1-4-18-7-5-6-8-20(18)21(26)25-11-9-23(10-12-25)13-19(28-17-23)14-24-15-22(2,16-24)27-3/h5-8,19H,4,9-17H2,1-3H3/t19-/m0/s1. The van der Waals surface area contributed by atoms with Crippen LogP contribution < -0.4 is 0 Å². The summed E-state index contributed by atoms with van der Waals surface area (Å²) in [6.45, 7) is 9.82. The number of hydrogen-bond donors (Lipinski definition) is 0. The van der Waals surface area contributed by atoms with E-state index in [4.69, 9.17) is 9.47 Å². The van der Waals surface area contributed by atoms with E-state index < -0.39 is 0 Å². The van der Waals surface area contributed by atoms with Gasteiger partial charge < -0.3 is 14.4 Å². The number of carbonyl (C=O) groups excluding carboxylic acids is 1. The van der Waals surface area contributed by atoms with Gasteiger partial charge in [-0.05, 0) is 49.7 Å².